The molecular weight excluding hydrogens is 384 g/mol. The van der Waals surface area contributed by atoms with Gasteiger partial charge >= 0.3 is 58.2 Å². The molecule has 0 aromatic carbocycles. The van der Waals surface area contributed by atoms with E-state index in [9.17, 15) is 4.79 Å². The van der Waals surface area contributed by atoms with E-state index in [-0.39, 0.29) is 64.1 Å². The van der Waals surface area contributed by atoms with Crippen molar-refractivity contribution in [3.8, 4) is 10.6 Å². The molecule has 3 heterocycles. The number of rotatable bonds is 2. The first-order valence-corrected chi connectivity index (χ1v) is 8.51. The summed E-state index contributed by atoms with van der Waals surface area (Å²) >= 11 is 1.55. The zero-order valence-corrected chi connectivity index (χ0v) is 19.2. The van der Waals surface area contributed by atoms with E-state index < -0.39 is 0 Å². The summed E-state index contributed by atoms with van der Waals surface area (Å²) in [5, 5.41) is 11.4. The first-order chi connectivity index (χ1) is 10.7. The standard InChI is InChI=1S/C15H18N5OS.Rb/c1-9(21)18-15-19-12-3-2-10-8-17-20(13(10)14(12)22-15)11-4-6-16-7-5-11;/h11,16H,2-7H2,1H3,(H,18,19,21);/q-1;+1. The molecule has 2 aromatic heterocycles. The molecule has 0 saturated carbocycles. The van der Waals surface area contributed by atoms with Gasteiger partial charge < -0.3 is 20.4 Å². The van der Waals surface area contributed by atoms with E-state index in [1.807, 2.05) is 0 Å². The Morgan fingerprint density at radius 3 is 2.91 bits per heavy atom. The third-order valence-corrected chi connectivity index (χ3v) is 5.29. The van der Waals surface area contributed by atoms with Crippen molar-refractivity contribution in [1.29, 1.82) is 0 Å². The monoisotopic (exact) mass is 401 g/mol. The molecule has 2 aromatic rings. The molecule has 1 aliphatic heterocycles. The molecule has 8 heteroatoms. The molecule has 1 aliphatic carbocycles. The number of anilines is 1. The van der Waals surface area contributed by atoms with E-state index in [0.29, 0.717) is 11.2 Å². The number of carbonyl (C=O) groups excluding carboxylic acids is 1. The van der Waals surface area contributed by atoms with Crippen molar-refractivity contribution < 1.29 is 63.0 Å². The number of fused-ring (bicyclic) bond motifs is 3. The van der Waals surface area contributed by atoms with E-state index >= 15 is 0 Å². The average Bonchev–Trinajstić information content (AvgIpc) is 3.09. The Morgan fingerprint density at radius 1 is 1.39 bits per heavy atom. The molecule has 116 valence electrons. The molecule has 2 N–H and O–H groups in total. The van der Waals surface area contributed by atoms with Gasteiger partial charge in [0.05, 0.1) is 0 Å². The summed E-state index contributed by atoms with van der Waals surface area (Å²) in [5.74, 6) is -0.0789. The molecule has 0 unspecified atom stereocenters. The van der Waals surface area contributed by atoms with E-state index in [1.165, 1.54) is 18.2 Å². The van der Waals surface area contributed by atoms with Crippen molar-refractivity contribution in [2.75, 3.05) is 18.4 Å². The minimum Gasteiger partial charge on any atom is -0.357 e. The summed E-state index contributed by atoms with van der Waals surface area (Å²) in [6.45, 7) is 3.58. The van der Waals surface area contributed by atoms with Gasteiger partial charge in [-0.05, 0) is 37.2 Å². The summed E-state index contributed by atoms with van der Waals surface area (Å²) in [7, 11) is 0. The SMILES string of the molecule is CC(=O)Nc1nc2c(s1)-c1c([c-]nn1C1CCNCC1)CC2.[Rb+]. The molecule has 2 aliphatic rings. The largest absolute Gasteiger partial charge is 1.00 e. The van der Waals surface area contributed by atoms with Crippen LogP contribution in [0.3, 0.4) is 0 Å². The Balaban J connectivity index is 0.00000156. The second kappa shape index (κ2) is 7.53. The number of aryl methyl sites for hydroxylation is 2. The molecule has 1 saturated heterocycles. The van der Waals surface area contributed by atoms with Gasteiger partial charge in [-0.25, -0.2) is 4.98 Å². The number of aromatic nitrogens is 3. The number of hydrogen-bond donors (Lipinski definition) is 2. The van der Waals surface area contributed by atoms with Crippen molar-refractivity contribution in [1.82, 2.24) is 20.1 Å². The normalized spacial score (nSPS) is 17.1. The first-order valence-electron chi connectivity index (χ1n) is 7.70. The number of thiazole rings is 1. The second-order valence-corrected chi connectivity index (χ2v) is 6.84. The Bertz CT molecular complexity index is 720. The van der Waals surface area contributed by atoms with Crippen molar-refractivity contribution in [3.05, 3.63) is 17.5 Å². The average molecular weight is 402 g/mol. The smallest absolute Gasteiger partial charge is 0.357 e. The van der Waals surface area contributed by atoms with Crippen LogP contribution in [0, 0.1) is 6.20 Å². The molecule has 0 bridgehead atoms. The van der Waals surface area contributed by atoms with Crippen LogP contribution in [-0.2, 0) is 17.6 Å². The summed E-state index contributed by atoms with van der Waals surface area (Å²) in [5.41, 5.74) is 3.43. The first kappa shape index (κ1) is 17.9. The van der Waals surface area contributed by atoms with Gasteiger partial charge in [-0.1, -0.05) is 12.1 Å². The van der Waals surface area contributed by atoms with Crippen LogP contribution in [0.15, 0.2) is 0 Å². The fourth-order valence-electron chi connectivity index (χ4n) is 3.24. The predicted octanol–water partition coefficient (Wildman–Crippen LogP) is -1.21. The van der Waals surface area contributed by atoms with Gasteiger partial charge in [-0.3, -0.25) is 4.79 Å². The Hall–Kier alpha value is 0.0752. The molecule has 0 radical (unpaired) electrons. The zero-order chi connectivity index (χ0) is 15.1. The predicted molar refractivity (Wildman–Crippen MR) is 85.0 cm³/mol. The van der Waals surface area contributed by atoms with Gasteiger partial charge in [-0.2, -0.15) is 5.56 Å². The minimum atomic E-state index is -0.0789. The van der Waals surface area contributed by atoms with Crippen molar-refractivity contribution in [2.24, 2.45) is 0 Å². The van der Waals surface area contributed by atoms with Gasteiger partial charge in [-0.15, -0.1) is 17.5 Å². The van der Waals surface area contributed by atoms with Crippen LogP contribution < -0.4 is 68.8 Å². The van der Waals surface area contributed by atoms with E-state index in [2.05, 4.69) is 31.6 Å². The molecule has 4 rings (SSSR count). The molecule has 0 spiro atoms. The van der Waals surface area contributed by atoms with Crippen molar-refractivity contribution in [2.45, 2.75) is 38.6 Å². The third kappa shape index (κ3) is 3.55. The minimum absolute atomic E-state index is 0. The second-order valence-electron chi connectivity index (χ2n) is 5.84. The van der Waals surface area contributed by atoms with Gasteiger partial charge in [0.15, 0.2) is 5.13 Å². The Morgan fingerprint density at radius 2 is 2.17 bits per heavy atom. The number of hydrogen-bond acceptors (Lipinski definition) is 5. The van der Waals surface area contributed by atoms with Crippen molar-refractivity contribution >= 4 is 22.4 Å². The zero-order valence-electron chi connectivity index (χ0n) is 13.5. The summed E-state index contributed by atoms with van der Waals surface area (Å²) in [4.78, 5) is 17.0. The number of carbonyl (C=O) groups is 1. The topological polar surface area (TPSA) is 71.8 Å². The molecule has 0 atom stereocenters. The van der Waals surface area contributed by atoms with E-state index in [4.69, 9.17) is 0 Å². The van der Waals surface area contributed by atoms with Crippen LogP contribution in [0.5, 0.6) is 0 Å². The van der Waals surface area contributed by atoms with Crippen LogP contribution in [0.2, 0.25) is 0 Å². The number of nitrogens with one attached hydrogen (secondary N) is 2. The Labute approximate surface area is 188 Å². The van der Waals surface area contributed by atoms with E-state index in [1.54, 1.807) is 11.3 Å². The molecule has 1 fully saturated rings. The third-order valence-electron chi connectivity index (χ3n) is 4.27. The molecule has 23 heavy (non-hydrogen) atoms. The van der Waals surface area contributed by atoms with Gasteiger partial charge in [0.2, 0.25) is 5.91 Å². The fraction of sp³-hybridized carbons (Fsp3) is 0.533. The van der Waals surface area contributed by atoms with E-state index in [0.717, 1.165) is 49.3 Å². The maximum absolute atomic E-state index is 11.3. The maximum atomic E-state index is 11.3. The fourth-order valence-corrected chi connectivity index (χ4v) is 4.36. The molecule has 6 nitrogen and oxygen atoms in total. The number of nitrogens with zero attached hydrogens (tertiary/aromatic N) is 3. The van der Waals surface area contributed by atoms with Crippen LogP contribution in [0.1, 0.15) is 37.1 Å². The number of amides is 1. The van der Waals surface area contributed by atoms with Crippen LogP contribution in [-0.4, -0.2) is 33.8 Å². The van der Waals surface area contributed by atoms with Gasteiger partial charge in [0.1, 0.15) is 0 Å². The van der Waals surface area contributed by atoms with Gasteiger partial charge in [0.25, 0.3) is 0 Å². The van der Waals surface area contributed by atoms with Crippen LogP contribution in [0.4, 0.5) is 5.13 Å². The molecular formula is C15H18N5ORbS. The Kier molecular flexibility index (Phi) is 5.86. The summed E-state index contributed by atoms with van der Waals surface area (Å²) < 4.78 is 2.14. The summed E-state index contributed by atoms with van der Waals surface area (Å²) in [6, 6.07) is 0.429. The van der Waals surface area contributed by atoms with Crippen LogP contribution >= 0.6 is 11.3 Å². The summed E-state index contributed by atoms with van der Waals surface area (Å²) in [6.07, 6.45) is 7.21. The van der Waals surface area contributed by atoms with Gasteiger partial charge in [0, 0.05) is 18.7 Å². The van der Waals surface area contributed by atoms with Crippen molar-refractivity contribution in [3.63, 3.8) is 0 Å². The van der Waals surface area contributed by atoms with Crippen LogP contribution in [0.25, 0.3) is 10.6 Å². The maximum Gasteiger partial charge on any atom is 1.00 e. The number of piperidine rings is 1. The molecule has 1 amide bonds. The quantitative estimate of drug-likeness (QED) is 0.620.